The molecule has 3 rings (SSSR count). The summed E-state index contributed by atoms with van der Waals surface area (Å²) < 4.78 is 16.1. The summed E-state index contributed by atoms with van der Waals surface area (Å²) in [6.07, 6.45) is 0.335. The third-order valence-electron chi connectivity index (χ3n) is 3.93. The predicted molar refractivity (Wildman–Crippen MR) is 108 cm³/mol. The number of nitrogens with zero attached hydrogens (tertiary/aromatic N) is 2. The Balaban J connectivity index is 1.57. The summed E-state index contributed by atoms with van der Waals surface area (Å²) in [4.78, 5) is 13.2. The van der Waals surface area contributed by atoms with Crippen molar-refractivity contribution in [3.8, 4) is 23.0 Å². The molecular formula is C20H21N3O4S. The van der Waals surface area contributed by atoms with Gasteiger partial charge in [0.1, 0.15) is 11.5 Å². The molecule has 1 heterocycles. The molecule has 0 aliphatic heterocycles. The molecule has 1 N–H and O–H groups in total. The van der Waals surface area contributed by atoms with E-state index in [0.717, 1.165) is 4.90 Å². The lowest BCUT2D eigenvalue weighted by Gasteiger charge is -2.07. The van der Waals surface area contributed by atoms with Crippen molar-refractivity contribution in [2.75, 3.05) is 25.3 Å². The van der Waals surface area contributed by atoms with Crippen molar-refractivity contribution in [2.45, 2.75) is 18.2 Å². The predicted octanol–water partition coefficient (Wildman–Crippen LogP) is 4.18. The van der Waals surface area contributed by atoms with Crippen LogP contribution in [0.3, 0.4) is 0 Å². The third-order valence-corrected chi connectivity index (χ3v) is 4.94. The molecule has 0 atom stereocenters. The van der Waals surface area contributed by atoms with E-state index >= 15 is 0 Å². The van der Waals surface area contributed by atoms with Crippen molar-refractivity contribution in [2.24, 2.45) is 0 Å². The lowest BCUT2D eigenvalue weighted by atomic mass is 10.2. The summed E-state index contributed by atoms with van der Waals surface area (Å²) in [6, 6.07) is 13.5. The molecule has 0 radical (unpaired) electrons. The number of aromatic nitrogens is 2. The first-order chi connectivity index (χ1) is 13.6. The Hall–Kier alpha value is -3.00. The molecule has 0 saturated carbocycles. The minimum absolute atomic E-state index is 0.0539. The smallest absolute Gasteiger partial charge is 0.322 e. The van der Waals surface area contributed by atoms with Gasteiger partial charge in [-0.3, -0.25) is 10.1 Å². The number of hydrogen-bond donors (Lipinski definition) is 1. The number of carbonyl (C=O) groups excluding carboxylic acids is 1. The van der Waals surface area contributed by atoms with E-state index in [1.807, 2.05) is 19.1 Å². The van der Waals surface area contributed by atoms with Crippen molar-refractivity contribution in [3.63, 3.8) is 0 Å². The van der Waals surface area contributed by atoms with Gasteiger partial charge < -0.3 is 13.9 Å². The normalized spacial score (nSPS) is 10.5. The van der Waals surface area contributed by atoms with E-state index in [0.29, 0.717) is 29.2 Å². The van der Waals surface area contributed by atoms with Gasteiger partial charge in [-0.1, -0.05) is 22.8 Å². The summed E-state index contributed by atoms with van der Waals surface area (Å²) in [6.45, 7) is 2.04. The van der Waals surface area contributed by atoms with Gasteiger partial charge in [0.05, 0.1) is 19.8 Å². The maximum absolute atomic E-state index is 12.1. The summed E-state index contributed by atoms with van der Waals surface area (Å²) >= 11 is 1.62. The second-order valence-corrected chi connectivity index (χ2v) is 7.11. The van der Waals surface area contributed by atoms with Gasteiger partial charge in [0.15, 0.2) is 0 Å². The van der Waals surface area contributed by atoms with Crippen LogP contribution in [-0.4, -0.2) is 36.1 Å². The quantitative estimate of drug-likeness (QED) is 0.569. The largest absolute Gasteiger partial charge is 0.497 e. The van der Waals surface area contributed by atoms with Crippen LogP contribution in [0.2, 0.25) is 0 Å². The summed E-state index contributed by atoms with van der Waals surface area (Å²) in [7, 11) is 3.12. The molecule has 1 amide bonds. The van der Waals surface area contributed by atoms with Crippen LogP contribution in [0.5, 0.6) is 11.5 Å². The minimum Gasteiger partial charge on any atom is -0.497 e. The van der Waals surface area contributed by atoms with Crippen molar-refractivity contribution < 1.29 is 18.7 Å². The standard InChI is InChI=1S/C20H21N3O4S/c1-13-4-7-15(8-5-13)28-11-10-18(24)21-20-23-22-19(27-20)16-9-6-14(25-2)12-17(16)26-3/h4-9,12H,10-11H2,1-3H3,(H,21,23,24). The number of nitrogens with one attached hydrogen (secondary N) is 1. The molecule has 3 aromatic rings. The van der Waals surface area contributed by atoms with Gasteiger partial charge in [0.2, 0.25) is 5.91 Å². The second-order valence-electron chi connectivity index (χ2n) is 5.94. The van der Waals surface area contributed by atoms with Crippen molar-refractivity contribution in [1.82, 2.24) is 10.2 Å². The van der Waals surface area contributed by atoms with Crippen LogP contribution < -0.4 is 14.8 Å². The zero-order chi connectivity index (χ0) is 19.9. The first-order valence-corrected chi connectivity index (χ1v) is 9.63. The Labute approximate surface area is 167 Å². The van der Waals surface area contributed by atoms with Crippen LogP contribution >= 0.6 is 11.8 Å². The minimum atomic E-state index is -0.184. The second kappa shape index (κ2) is 9.27. The molecule has 0 spiro atoms. The molecule has 2 aromatic carbocycles. The monoisotopic (exact) mass is 399 g/mol. The summed E-state index contributed by atoms with van der Waals surface area (Å²) in [5.41, 5.74) is 1.83. The Morgan fingerprint density at radius 3 is 2.61 bits per heavy atom. The van der Waals surface area contributed by atoms with Gasteiger partial charge in [0.25, 0.3) is 5.89 Å². The molecule has 28 heavy (non-hydrogen) atoms. The van der Waals surface area contributed by atoms with E-state index in [9.17, 15) is 4.79 Å². The molecule has 0 aliphatic rings. The highest BCUT2D eigenvalue weighted by molar-refractivity contribution is 7.99. The summed E-state index contributed by atoms with van der Waals surface area (Å²) in [5, 5.41) is 10.5. The van der Waals surface area contributed by atoms with E-state index in [4.69, 9.17) is 13.9 Å². The van der Waals surface area contributed by atoms with E-state index in [2.05, 4.69) is 27.6 Å². The average molecular weight is 399 g/mol. The molecule has 0 bridgehead atoms. The number of rotatable bonds is 8. The van der Waals surface area contributed by atoms with Crippen molar-refractivity contribution in [3.05, 3.63) is 48.0 Å². The maximum atomic E-state index is 12.1. The molecule has 146 valence electrons. The Bertz CT molecular complexity index is 941. The van der Waals surface area contributed by atoms with E-state index in [-0.39, 0.29) is 17.8 Å². The first-order valence-electron chi connectivity index (χ1n) is 8.64. The SMILES string of the molecule is COc1ccc(-c2nnc(NC(=O)CCSc3ccc(C)cc3)o2)c(OC)c1. The molecule has 8 heteroatoms. The number of carbonyl (C=O) groups is 1. The molecule has 1 aromatic heterocycles. The summed E-state index contributed by atoms with van der Waals surface area (Å²) in [5.74, 6) is 1.91. The molecule has 0 aliphatic carbocycles. The molecule has 7 nitrogen and oxygen atoms in total. The zero-order valence-electron chi connectivity index (χ0n) is 15.9. The fraction of sp³-hybridized carbons (Fsp3) is 0.250. The molecular weight excluding hydrogens is 378 g/mol. The fourth-order valence-electron chi connectivity index (χ4n) is 2.44. The number of methoxy groups -OCH3 is 2. The van der Waals surface area contributed by atoms with Crippen LogP contribution in [0, 0.1) is 6.92 Å². The van der Waals surface area contributed by atoms with Crippen LogP contribution in [-0.2, 0) is 4.79 Å². The molecule has 0 fully saturated rings. The van der Waals surface area contributed by atoms with Gasteiger partial charge in [0, 0.05) is 23.1 Å². The Kier molecular flexibility index (Phi) is 6.54. The number of amides is 1. The third kappa shape index (κ3) is 5.04. The number of anilines is 1. The molecule has 0 saturated heterocycles. The number of benzene rings is 2. The van der Waals surface area contributed by atoms with Crippen LogP contribution in [0.4, 0.5) is 6.01 Å². The van der Waals surface area contributed by atoms with Crippen LogP contribution in [0.25, 0.3) is 11.5 Å². The highest BCUT2D eigenvalue weighted by Gasteiger charge is 2.16. The lowest BCUT2D eigenvalue weighted by Crippen LogP contribution is -2.12. The van der Waals surface area contributed by atoms with Crippen molar-refractivity contribution in [1.29, 1.82) is 0 Å². The highest BCUT2D eigenvalue weighted by Crippen LogP contribution is 2.33. The van der Waals surface area contributed by atoms with Gasteiger partial charge in [-0.15, -0.1) is 16.9 Å². The first kappa shape index (κ1) is 19.8. The van der Waals surface area contributed by atoms with Gasteiger partial charge in [-0.2, -0.15) is 0 Å². The van der Waals surface area contributed by atoms with Gasteiger partial charge >= 0.3 is 6.01 Å². The Morgan fingerprint density at radius 1 is 1.11 bits per heavy atom. The Morgan fingerprint density at radius 2 is 1.89 bits per heavy atom. The molecule has 0 unspecified atom stereocenters. The van der Waals surface area contributed by atoms with E-state index in [1.54, 1.807) is 44.2 Å². The number of thioether (sulfide) groups is 1. The number of aryl methyl sites for hydroxylation is 1. The number of ether oxygens (including phenoxy) is 2. The van der Waals surface area contributed by atoms with Crippen LogP contribution in [0.15, 0.2) is 51.8 Å². The van der Waals surface area contributed by atoms with Gasteiger partial charge in [-0.25, -0.2) is 0 Å². The average Bonchev–Trinajstić information content (AvgIpc) is 3.17. The van der Waals surface area contributed by atoms with E-state index < -0.39 is 0 Å². The van der Waals surface area contributed by atoms with Gasteiger partial charge in [-0.05, 0) is 31.2 Å². The lowest BCUT2D eigenvalue weighted by molar-refractivity contribution is -0.115. The highest BCUT2D eigenvalue weighted by atomic mass is 32.2. The van der Waals surface area contributed by atoms with Crippen molar-refractivity contribution >= 4 is 23.7 Å². The van der Waals surface area contributed by atoms with E-state index in [1.165, 1.54) is 5.56 Å². The van der Waals surface area contributed by atoms with Crippen LogP contribution in [0.1, 0.15) is 12.0 Å². The topological polar surface area (TPSA) is 86.5 Å². The fourth-order valence-corrected chi connectivity index (χ4v) is 3.29. The zero-order valence-corrected chi connectivity index (χ0v) is 16.7. The maximum Gasteiger partial charge on any atom is 0.322 e. The number of hydrogen-bond acceptors (Lipinski definition) is 7.